The van der Waals surface area contributed by atoms with E-state index >= 15 is 0 Å². The zero-order valence-electron chi connectivity index (χ0n) is 14.8. The van der Waals surface area contributed by atoms with Crippen LogP contribution in [0.25, 0.3) is 0 Å². The Morgan fingerprint density at radius 2 is 1.85 bits per heavy atom. The van der Waals surface area contributed by atoms with Crippen molar-refractivity contribution in [2.45, 2.75) is 24.5 Å². The SMILES string of the molecule is Cc1cccc(Nc2nnc(CSc3ccc(Br)cc3)c(=O)n2C)c1C. The van der Waals surface area contributed by atoms with Gasteiger partial charge >= 0.3 is 0 Å². The minimum absolute atomic E-state index is 0.141. The zero-order valence-corrected chi connectivity index (χ0v) is 17.2. The molecular weight excluding hydrogens is 412 g/mol. The molecule has 1 N–H and O–H groups in total. The van der Waals surface area contributed by atoms with Crippen LogP contribution in [0.15, 0.2) is 56.6 Å². The van der Waals surface area contributed by atoms with Gasteiger partial charge in [-0.2, -0.15) is 0 Å². The van der Waals surface area contributed by atoms with Crippen LogP contribution in [0.4, 0.5) is 11.6 Å². The molecule has 3 aromatic rings. The zero-order chi connectivity index (χ0) is 18.7. The molecule has 26 heavy (non-hydrogen) atoms. The van der Waals surface area contributed by atoms with E-state index in [9.17, 15) is 4.79 Å². The first-order valence-corrected chi connectivity index (χ1v) is 9.88. The smallest absolute Gasteiger partial charge is 0.277 e. The number of aryl methyl sites for hydroxylation is 1. The number of thioether (sulfide) groups is 1. The summed E-state index contributed by atoms with van der Waals surface area (Å²) in [7, 11) is 1.71. The minimum Gasteiger partial charge on any atom is -0.324 e. The second kappa shape index (κ2) is 8.05. The molecule has 3 rings (SSSR count). The second-order valence-electron chi connectivity index (χ2n) is 5.95. The van der Waals surface area contributed by atoms with Crippen molar-refractivity contribution in [3.8, 4) is 0 Å². The molecule has 0 aliphatic heterocycles. The van der Waals surface area contributed by atoms with Crippen molar-refractivity contribution >= 4 is 39.3 Å². The number of nitrogens with zero attached hydrogens (tertiary/aromatic N) is 3. The van der Waals surface area contributed by atoms with Crippen molar-refractivity contribution in [1.82, 2.24) is 14.8 Å². The molecular formula is C19H19BrN4OS. The molecule has 0 fully saturated rings. The Labute approximate surface area is 165 Å². The van der Waals surface area contributed by atoms with E-state index in [0.29, 0.717) is 17.4 Å². The second-order valence-corrected chi connectivity index (χ2v) is 7.91. The maximum absolute atomic E-state index is 12.6. The third-order valence-electron chi connectivity index (χ3n) is 4.17. The van der Waals surface area contributed by atoms with Crippen LogP contribution >= 0.6 is 27.7 Å². The first-order chi connectivity index (χ1) is 12.5. The lowest BCUT2D eigenvalue weighted by atomic mass is 10.1. The van der Waals surface area contributed by atoms with E-state index < -0.39 is 0 Å². The first-order valence-electron chi connectivity index (χ1n) is 8.10. The number of anilines is 2. The molecule has 0 spiro atoms. The van der Waals surface area contributed by atoms with E-state index in [1.54, 1.807) is 18.8 Å². The Morgan fingerprint density at radius 3 is 2.58 bits per heavy atom. The molecule has 0 unspecified atom stereocenters. The summed E-state index contributed by atoms with van der Waals surface area (Å²) in [5, 5.41) is 11.6. The fourth-order valence-corrected chi connectivity index (χ4v) is 3.47. The summed E-state index contributed by atoms with van der Waals surface area (Å²) in [6.07, 6.45) is 0. The van der Waals surface area contributed by atoms with E-state index in [-0.39, 0.29) is 5.56 Å². The topological polar surface area (TPSA) is 59.8 Å². The van der Waals surface area contributed by atoms with Crippen LogP contribution < -0.4 is 10.9 Å². The quantitative estimate of drug-likeness (QED) is 0.599. The normalized spacial score (nSPS) is 10.8. The van der Waals surface area contributed by atoms with Crippen LogP contribution in [0.5, 0.6) is 0 Å². The summed E-state index contributed by atoms with van der Waals surface area (Å²) in [6, 6.07) is 13.9. The molecule has 2 aromatic carbocycles. The molecule has 134 valence electrons. The van der Waals surface area contributed by atoms with Crippen molar-refractivity contribution in [3.05, 3.63) is 74.1 Å². The molecule has 5 nitrogen and oxygen atoms in total. The predicted octanol–water partition coefficient (Wildman–Crippen LogP) is 4.59. The lowest BCUT2D eigenvalue weighted by molar-refractivity contribution is 0.764. The number of hydrogen-bond acceptors (Lipinski definition) is 5. The van der Waals surface area contributed by atoms with Gasteiger partial charge in [0, 0.05) is 27.9 Å². The van der Waals surface area contributed by atoms with Crippen LogP contribution in [0, 0.1) is 13.8 Å². The van der Waals surface area contributed by atoms with Crippen molar-refractivity contribution in [1.29, 1.82) is 0 Å². The van der Waals surface area contributed by atoms with Gasteiger partial charge in [0.25, 0.3) is 5.56 Å². The minimum atomic E-state index is -0.141. The summed E-state index contributed by atoms with van der Waals surface area (Å²) in [4.78, 5) is 13.7. The Morgan fingerprint density at radius 1 is 1.12 bits per heavy atom. The van der Waals surface area contributed by atoms with E-state index in [1.807, 2.05) is 56.3 Å². The summed E-state index contributed by atoms with van der Waals surface area (Å²) in [5.74, 6) is 0.909. The third kappa shape index (κ3) is 4.16. The van der Waals surface area contributed by atoms with Gasteiger partial charge in [-0.3, -0.25) is 9.36 Å². The Bertz CT molecular complexity index is 986. The van der Waals surface area contributed by atoms with Gasteiger partial charge in [-0.05, 0) is 55.3 Å². The number of rotatable bonds is 5. The van der Waals surface area contributed by atoms with Gasteiger partial charge in [-0.15, -0.1) is 22.0 Å². The Kier molecular flexibility index (Phi) is 5.78. The molecule has 0 bridgehead atoms. The van der Waals surface area contributed by atoms with Gasteiger partial charge in [0.05, 0.1) is 0 Å². The van der Waals surface area contributed by atoms with Crippen LogP contribution in [0.1, 0.15) is 16.8 Å². The predicted molar refractivity (Wildman–Crippen MR) is 110 cm³/mol. The van der Waals surface area contributed by atoms with Crippen LogP contribution in [-0.2, 0) is 12.8 Å². The number of nitrogens with one attached hydrogen (secondary N) is 1. The van der Waals surface area contributed by atoms with Crippen molar-refractivity contribution in [3.63, 3.8) is 0 Å². The number of hydrogen-bond donors (Lipinski definition) is 1. The molecule has 0 aliphatic carbocycles. The van der Waals surface area contributed by atoms with Gasteiger partial charge < -0.3 is 5.32 Å². The van der Waals surface area contributed by atoms with Crippen molar-refractivity contribution in [2.24, 2.45) is 7.05 Å². The summed E-state index contributed by atoms with van der Waals surface area (Å²) < 4.78 is 2.53. The molecule has 1 aromatic heterocycles. The van der Waals surface area contributed by atoms with Gasteiger partial charge in [0.2, 0.25) is 5.95 Å². The number of aromatic nitrogens is 3. The third-order valence-corrected chi connectivity index (χ3v) is 5.73. The van der Waals surface area contributed by atoms with E-state index in [4.69, 9.17) is 0 Å². The molecule has 0 saturated heterocycles. The summed E-state index contributed by atoms with van der Waals surface area (Å²) in [6.45, 7) is 4.08. The highest BCUT2D eigenvalue weighted by molar-refractivity contribution is 9.10. The molecule has 0 radical (unpaired) electrons. The van der Waals surface area contributed by atoms with E-state index in [0.717, 1.165) is 20.6 Å². The van der Waals surface area contributed by atoms with E-state index in [2.05, 4.69) is 31.4 Å². The lowest BCUT2D eigenvalue weighted by Crippen LogP contribution is -2.26. The maximum Gasteiger partial charge on any atom is 0.277 e. The van der Waals surface area contributed by atoms with Crippen LogP contribution in [-0.4, -0.2) is 14.8 Å². The highest BCUT2D eigenvalue weighted by Gasteiger charge is 2.11. The standard InChI is InChI=1S/C19H19BrN4OS/c1-12-5-4-6-16(13(12)2)21-19-23-22-17(18(25)24(19)3)11-26-15-9-7-14(20)8-10-15/h4-10H,11H2,1-3H3,(H,21,23). The highest BCUT2D eigenvalue weighted by atomic mass is 79.9. The molecule has 0 atom stereocenters. The first kappa shape index (κ1) is 18.7. The van der Waals surface area contributed by atoms with Gasteiger partial charge in [0.1, 0.15) is 5.69 Å². The van der Waals surface area contributed by atoms with Gasteiger partial charge in [-0.25, -0.2) is 0 Å². The Balaban J connectivity index is 1.79. The highest BCUT2D eigenvalue weighted by Crippen LogP contribution is 2.23. The van der Waals surface area contributed by atoms with Gasteiger partial charge in [0.15, 0.2) is 0 Å². The molecule has 0 saturated carbocycles. The van der Waals surface area contributed by atoms with E-state index in [1.165, 1.54) is 10.1 Å². The fraction of sp³-hybridized carbons (Fsp3) is 0.211. The molecule has 1 heterocycles. The lowest BCUT2D eigenvalue weighted by Gasteiger charge is -2.13. The Hall–Kier alpha value is -2.12. The van der Waals surface area contributed by atoms with Crippen LogP contribution in [0.2, 0.25) is 0 Å². The molecule has 7 heteroatoms. The number of benzene rings is 2. The molecule has 0 amide bonds. The van der Waals surface area contributed by atoms with Crippen molar-refractivity contribution in [2.75, 3.05) is 5.32 Å². The monoisotopic (exact) mass is 430 g/mol. The average molecular weight is 431 g/mol. The summed E-state index contributed by atoms with van der Waals surface area (Å²) >= 11 is 4.98. The average Bonchev–Trinajstić information content (AvgIpc) is 2.63. The maximum atomic E-state index is 12.6. The molecule has 0 aliphatic rings. The fourth-order valence-electron chi connectivity index (χ4n) is 2.40. The number of halogens is 1. The van der Waals surface area contributed by atoms with Crippen LogP contribution in [0.3, 0.4) is 0 Å². The summed E-state index contributed by atoms with van der Waals surface area (Å²) in [5.41, 5.74) is 3.52. The van der Waals surface area contributed by atoms with Crippen molar-refractivity contribution < 1.29 is 0 Å². The largest absolute Gasteiger partial charge is 0.324 e. The van der Waals surface area contributed by atoms with Gasteiger partial charge in [-0.1, -0.05) is 28.1 Å².